The molecule has 19 heavy (non-hydrogen) atoms. The molecule has 0 saturated carbocycles. The van der Waals surface area contributed by atoms with Gasteiger partial charge in [0.25, 0.3) is 0 Å². The Morgan fingerprint density at radius 3 is 2.68 bits per heavy atom. The Morgan fingerprint density at radius 2 is 2.11 bits per heavy atom. The van der Waals surface area contributed by atoms with E-state index in [9.17, 15) is 4.79 Å². The van der Waals surface area contributed by atoms with Crippen molar-refractivity contribution in [3.8, 4) is 0 Å². The molecule has 1 aliphatic heterocycles. The van der Waals surface area contributed by atoms with Crippen molar-refractivity contribution in [1.82, 2.24) is 4.90 Å². The first kappa shape index (κ1) is 14.1. The van der Waals surface area contributed by atoms with Gasteiger partial charge in [0.1, 0.15) is 5.76 Å². The first-order valence-corrected chi connectivity index (χ1v) is 6.99. The average Bonchev–Trinajstić information content (AvgIpc) is 2.82. The van der Waals surface area contributed by atoms with E-state index in [1.807, 2.05) is 0 Å². The highest BCUT2D eigenvalue weighted by Gasteiger charge is 2.33. The quantitative estimate of drug-likeness (QED) is 0.910. The molecule has 0 spiro atoms. The molecule has 0 radical (unpaired) electrons. The molecule has 4 nitrogen and oxygen atoms in total. The van der Waals surface area contributed by atoms with Gasteiger partial charge < -0.3 is 9.52 Å². The fourth-order valence-corrected chi connectivity index (χ4v) is 3.13. The lowest BCUT2D eigenvalue weighted by Gasteiger charge is -2.43. The maximum atomic E-state index is 10.9. The summed E-state index contributed by atoms with van der Waals surface area (Å²) >= 11 is 0. The predicted molar refractivity (Wildman–Crippen MR) is 73.2 cm³/mol. The number of carbonyl (C=O) groups is 1. The van der Waals surface area contributed by atoms with Crippen LogP contribution < -0.4 is 0 Å². The normalized spacial score (nSPS) is 30.2. The maximum Gasteiger partial charge on any atom is 0.371 e. The van der Waals surface area contributed by atoms with Gasteiger partial charge in [0, 0.05) is 12.6 Å². The van der Waals surface area contributed by atoms with E-state index in [1.165, 1.54) is 12.5 Å². The average molecular weight is 265 g/mol. The molecule has 4 unspecified atom stereocenters. The van der Waals surface area contributed by atoms with Crippen molar-refractivity contribution in [3.05, 3.63) is 23.7 Å². The third kappa shape index (κ3) is 2.84. The third-order valence-electron chi connectivity index (χ3n) is 4.39. The summed E-state index contributed by atoms with van der Waals surface area (Å²) in [4.78, 5) is 13.3. The van der Waals surface area contributed by atoms with Crippen LogP contribution in [0.4, 0.5) is 0 Å². The molecule has 4 atom stereocenters. The van der Waals surface area contributed by atoms with E-state index in [-0.39, 0.29) is 11.8 Å². The molecule has 2 rings (SSSR count). The highest BCUT2D eigenvalue weighted by atomic mass is 16.4. The van der Waals surface area contributed by atoms with Gasteiger partial charge in [0.15, 0.2) is 0 Å². The number of likely N-dealkylation sites (tertiary alicyclic amines) is 1. The number of aromatic carboxylic acids is 1. The monoisotopic (exact) mass is 265 g/mol. The van der Waals surface area contributed by atoms with Crippen molar-refractivity contribution < 1.29 is 14.3 Å². The first-order chi connectivity index (χ1) is 8.90. The smallest absolute Gasteiger partial charge is 0.371 e. The van der Waals surface area contributed by atoms with Gasteiger partial charge in [-0.05, 0) is 44.2 Å². The molecule has 1 saturated heterocycles. The summed E-state index contributed by atoms with van der Waals surface area (Å²) in [7, 11) is 0. The molecule has 1 aromatic rings. The standard InChI is InChI=1S/C15H23NO3/c1-9-7-10(2)11(3)16(8-9)12(4)13-5-6-14(19-13)15(17)18/h5-6,9-12H,7-8H2,1-4H3,(H,17,18). The van der Waals surface area contributed by atoms with Gasteiger partial charge in [0.05, 0.1) is 6.04 Å². The van der Waals surface area contributed by atoms with Crippen LogP contribution in [-0.2, 0) is 0 Å². The van der Waals surface area contributed by atoms with Crippen molar-refractivity contribution in [3.63, 3.8) is 0 Å². The number of hydrogen-bond donors (Lipinski definition) is 1. The second-order valence-electron chi connectivity index (χ2n) is 5.94. The topological polar surface area (TPSA) is 53.7 Å². The summed E-state index contributed by atoms with van der Waals surface area (Å²) in [6.07, 6.45) is 1.25. The fourth-order valence-electron chi connectivity index (χ4n) is 3.13. The summed E-state index contributed by atoms with van der Waals surface area (Å²) in [5, 5.41) is 8.92. The molecule has 1 fully saturated rings. The summed E-state index contributed by atoms with van der Waals surface area (Å²) < 4.78 is 5.44. The van der Waals surface area contributed by atoms with Crippen LogP contribution in [0.1, 0.15) is 56.5 Å². The minimum absolute atomic E-state index is 0.0209. The second-order valence-corrected chi connectivity index (χ2v) is 5.94. The molecule has 0 aromatic carbocycles. The molecule has 2 heterocycles. The van der Waals surface area contributed by atoms with Crippen LogP contribution in [0, 0.1) is 11.8 Å². The predicted octanol–water partition coefficient (Wildman–Crippen LogP) is 3.41. The molecule has 0 amide bonds. The van der Waals surface area contributed by atoms with Gasteiger partial charge in [-0.15, -0.1) is 0 Å². The van der Waals surface area contributed by atoms with E-state index in [2.05, 4.69) is 32.6 Å². The first-order valence-electron chi connectivity index (χ1n) is 6.99. The van der Waals surface area contributed by atoms with Crippen molar-refractivity contribution in [1.29, 1.82) is 0 Å². The summed E-state index contributed by atoms with van der Waals surface area (Å²) in [5.41, 5.74) is 0. The van der Waals surface area contributed by atoms with Crippen LogP contribution in [0.25, 0.3) is 0 Å². The lowest BCUT2D eigenvalue weighted by atomic mass is 9.85. The Kier molecular flexibility index (Phi) is 3.99. The van der Waals surface area contributed by atoms with Gasteiger partial charge in [0.2, 0.25) is 5.76 Å². The van der Waals surface area contributed by atoms with Crippen molar-refractivity contribution >= 4 is 5.97 Å². The number of hydrogen-bond acceptors (Lipinski definition) is 3. The van der Waals surface area contributed by atoms with E-state index in [0.717, 1.165) is 12.3 Å². The van der Waals surface area contributed by atoms with E-state index < -0.39 is 5.97 Å². The van der Waals surface area contributed by atoms with Crippen molar-refractivity contribution in [2.75, 3.05) is 6.54 Å². The van der Waals surface area contributed by atoms with Gasteiger partial charge in [-0.3, -0.25) is 4.90 Å². The number of carboxylic acids is 1. The van der Waals surface area contributed by atoms with Crippen molar-refractivity contribution in [2.24, 2.45) is 11.8 Å². The highest BCUT2D eigenvalue weighted by molar-refractivity contribution is 5.84. The Hall–Kier alpha value is -1.29. The minimum atomic E-state index is -1.01. The molecule has 106 valence electrons. The molecule has 0 bridgehead atoms. The number of rotatable bonds is 3. The largest absolute Gasteiger partial charge is 0.475 e. The van der Waals surface area contributed by atoms with E-state index in [1.54, 1.807) is 6.07 Å². The van der Waals surface area contributed by atoms with Crippen LogP contribution in [0.5, 0.6) is 0 Å². The van der Waals surface area contributed by atoms with Gasteiger partial charge in [-0.1, -0.05) is 13.8 Å². The summed E-state index contributed by atoms with van der Waals surface area (Å²) in [5.74, 6) is 1.08. The molecule has 4 heteroatoms. The third-order valence-corrected chi connectivity index (χ3v) is 4.39. The van der Waals surface area contributed by atoms with E-state index >= 15 is 0 Å². The molecule has 1 aliphatic rings. The zero-order chi connectivity index (χ0) is 14.2. The SMILES string of the molecule is CC1CC(C)C(C)N(C(C)c2ccc(C(=O)O)o2)C1. The number of carboxylic acid groups (broad SMARTS) is 1. The molecule has 0 aliphatic carbocycles. The van der Waals surface area contributed by atoms with Gasteiger partial charge in [-0.2, -0.15) is 0 Å². The lowest BCUT2D eigenvalue weighted by molar-refractivity contribution is 0.0371. The number of piperidine rings is 1. The molecule has 1 N–H and O–H groups in total. The Bertz CT molecular complexity index is 454. The van der Waals surface area contributed by atoms with Gasteiger partial charge in [-0.25, -0.2) is 4.79 Å². The number of furan rings is 1. The van der Waals surface area contributed by atoms with Gasteiger partial charge >= 0.3 is 5.97 Å². The van der Waals surface area contributed by atoms with E-state index in [4.69, 9.17) is 9.52 Å². The zero-order valence-electron chi connectivity index (χ0n) is 12.1. The van der Waals surface area contributed by atoms with Crippen LogP contribution in [0.2, 0.25) is 0 Å². The van der Waals surface area contributed by atoms with Crippen LogP contribution in [0.3, 0.4) is 0 Å². The molecule has 1 aromatic heterocycles. The fraction of sp³-hybridized carbons (Fsp3) is 0.667. The number of nitrogens with zero attached hydrogens (tertiary/aromatic N) is 1. The molecular formula is C15H23NO3. The highest BCUT2D eigenvalue weighted by Crippen LogP contribution is 2.34. The maximum absolute atomic E-state index is 10.9. The minimum Gasteiger partial charge on any atom is -0.475 e. The summed E-state index contributed by atoms with van der Waals surface area (Å²) in [6, 6.07) is 3.93. The van der Waals surface area contributed by atoms with Crippen molar-refractivity contribution in [2.45, 2.75) is 46.2 Å². The molecular weight excluding hydrogens is 242 g/mol. The Morgan fingerprint density at radius 1 is 1.42 bits per heavy atom. The van der Waals surface area contributed by atoms with Crippen LogP contribution in [0.15, 0.2) is 16.5 Å². The Balaban J connectivity index is 2.17. The second kappa shape index (κ2) is 5.37. The Labute approximate surface area is 114 Å². The van der Waals surface area contributed by atoms with Crippen LogP contribution >= 0.6 is 0 Å². The summed E-state index contributed by atoms with van der Waals surface area (Å²) in [6.45, 7) is 9.92. The lowest BCUT2D eigenvalue weighted by Crippen LogP contribution is -2.46. The van der Waals surface area contributed by atoms with E-state index in [0.29, 0.717) is 17.9 Å². The zero-order valence-corrected chi connectivity index (χ0v) is 12.1. The van der Waals surface area contributed by atoms with Crippen LogP contribution in [-0.4, -0.2) is 28.6 Å².